The zero-order valence-corrected chi connectivity index (χ0v) is 16.1. The van der Waals surface area contributed by atoms with Crippen molar-refractivity contribution in [2.24, 2.45) is 5.92 Å². The van der Waals surface area contributed by atoms with Crippen molar-refractivity contribution in [3.8, 4) is 0 Å². The van der Waals surface area contributed by atoms with E-state index in [4.69, 9.17) is 4.98 Å². The molecular weight excluding hydrogens is 332 g/mol. The van der Waals surface area contributed by atoms with E-state index in [-0.39, 0.29) is 0 Å². The fourth-order valence-electron chi connectivity index (χ4n) is 4.10. The molecule has 140 valence electrons. The Bertz CT molecular complexity index is 841. The van der Waals surface area contributed by atoms with Crippen LogP contribution >= 0.6 is 0 Å². The highest BCUT2D eigenvalue weighted by atomic mass is 15.1. The van der Waals surface area contributed by atoms with Gasteiger partial charge in [0, 0.05) is 44.1 Å². The summed E-state index contributed by atoms with van der Waals surface area (Å²) in [6, 6.07) is 16.9. The molecule has 4 rings (SSSR count). The minimum Gasteiger partial charge on any atom is -0.328 e. The zero-order valence-electron chi connectivity index (χ0n) is 16.1. The highest BCUT2D eigenvalue weighted by molar-refractivity contribution is 5.17. The Morgan fingerprint density at radius 3 is 2.67 bits per heavy atom. The van der Waals surface area contributed by atoms with Crippen LogP contribution in [0.25, 0.3) is 0 Å². The van der Waals surface area contributed by atoms with Gasteiger partial charge in [-0.05, 0) is 49.9 Å². The first-order valence-corrected chi connectivity index (χ1v) is 9.95. The summed E-state index contributed by atoms with van der Waals surface area (Å²) in [6.07, 6.45) is 7.51. The third-order valence-electron chi connectivity index (χ3n) is 5.51. The Hall–Kier alpha value is -2.46. The van der Waals surface area contributed by atoms with Crippen molar-refractivity contribution in [2.45, 2.75) is 39.3 Å². The SMILES string of the molecule is Cc1cnc(CC2CCCN(Cc3ccccn3)C2)n1Cc1ccccc1. The van der Waals surface area contributed by atoms with Gasteiger partial charge in [0.15, 0.2) is 0 Å². The summed E-state index contributed by atoms with van der Waals surface area (Å²) in [7, 11) is 0. The van der Waals surface area contributed by atoms with Crippen molar-refractivity contribution in [3.63, 3.8) is 0 Å². The van der Waals surface area contributed by atoms with E-state index in [9.17, 15) is 0 Å². The number of piperidine rings is 1. The second kappa shape index (κ2) is 8.49. The van der Waals surface area contributed by atoms with Crippen LogP contribution in [0.3, 0.4) is 0 Å². The average molecular weight is 361 g/mol. The second-order valence-corrected chi connectivity index (χ2v) is 7.66. The molecule has 0 saturated carbocycles. The first-order chi connectivity index (χ1) is 13.3. The van der Waals surface area contributed by atoms with Crippen molar-refractivity contribution in [1.82, 2.24) is 19.4 Å². The van der Waals surface area contributed by atoms with Crippen molar-refractivity contribution < 1.29 is 0 Å². The standard InChI is InChI=1S/C23H28N4/c1-19-15-25-23(27(19)17-20-8-3-2-4-9-20)14-21-10-7-13-26(16-21)18-22-11-5-6-12-24-22/h2-6,8-9,11-12,15,21H,7,10,13-14,16-18H2,1H3. The molecule has 4 heteroatoms. The van der Waals surface area contributed by atoms with Crippen molar-refractivity contribution >= 4 is 0 Å². The molecule has 0 aliphatic carbocycles. The molecule has 3 heterocycles. The van der Waals surface area contributed by atoms with E-state index in [1.807, 2.05) is 18.5 Å². The molecule has 1 aliphatic heterocycles. The average Bonchev–Trinajstić information content (AvgIpc) is 3.03. The maximum absolute atomic E-state index is 4.75. The van der Waals surface area contributed by atoms with Gasteiger partial charge in [-0.3, -0.25) is 9.88 Å². The number of benzene rings is 1. The van der Waals surface area contributed by atoms with Crippen LogP contribution < -0.4 is 0 Å². The number of nitrogens with zero attached hydrogens (tertiary/aromatic N) is 4. The van der Waals surface area contributed by atoms with E-state index >= 15 is 0 Å². The smallest absolute Gasteiger partial charge is 0.109 e. The summed E-state index contributed by atoms with van der Waals surface area (Å²) in [5.41, 5.74) is 3.75. The molecular formula is C23H28N4. The topological polar surface area (TPSA) is 34.0 Å². The maximum atomic E-state index is 4.75. The molecule has 2 aromatic heterocycles. The van der Waals surface area contributed by atoms with Crippen LogP contribution in [-0.2, 0) is 19.5 Å². The van der Waals surface area contributed by atoms with Crippen molar-refractivity contribution in [2.75, 3.05) is 13.1 Å². The summed E-state index contributed by atoms with van der Waals surface area (Å²) in [4.78, 5) is 11.8. The van der Waals surface area contributed by atoms with E-state index in [1.54, 1.807) is 0 Å². The second-order valence-electron chi connectivity index (χ2n) is 7.66. The minimum atomic E-state index is 0.666. The Morgan fingerprint density at radius 2 is 1.85 bits per heavy atom. The van der Waals surface area contributed by atoms with E-state index < -0.39 is 0 Å². The Labute approximate surface area is 161 Å². The van der Waals surface area contributed by atoms with Gasteiger partial charge in [0.2, 0.25) is 0 Å². The molecule has 0 N–H and O–H groups in total. The number of aromatic nitrogens is 3. The maximum Gasteiger partial charge on any atom is 0.109 e. The van der Waals surface area contributed by atoms with Gasteiger partial charge in [-0.25, -0.2) is 4.98 Å². The third-order valence-corrected chi connectivity index (χ3v) is 5.51. The van der Waals surface area contributed by atoms with Gasteiger partial charge in [-0.2, -0.15) is 0 Å². The summed E-state index contributed by atoms with van der Waals surface area (Å²) in [5.74, 6) is 1.89. The van der Waals surface area contributed by atoms with Crippen LogP contribution in [0, 0.1) is 12.8 Å². The first-order valence-electron chi connectivity index (χ1n) is 9.95. The summed E-state index contributed by atoms with van der Waals surface area (Å²) in [6.45, 7) is 6.33. The Kier molecular flexibility index (Phi) is 5.64. The monoisotopic (exact) mass is 360 g/mol. The number of imidazole rings is 1. The van der Waals surface area contributed by atoms with E-state index in [2.05, 4.69) is 63.8 Å². The normalized spacial score (nSPS) is 17.9. The van der Waals surface area contributed by atoms with Crippen LogP contribution in [0.2, 0.25) is 0 Å². The van der Waals surface area contributed by atoms with Gasteiger partial charge in [-0.1, -0.05) is 36.4 Å². The van der Waals surface area contributed by atoms with Crippen molar-refractivity contribution in [1.29, 1.82) is 0 Å². The van der Waals surface area contributed by atoms with E-state index in [0.717, 1.165) is 26.1 Å². The molecule has 1 saturated heterocycles. The molecule has 4 nitrogen and oxygen atoms in total. The molecule has 1 atom stereocenters. The van der Waals surface area contributed by atoms with Crippen LogP contribution in [0.4, 0.5) is 0 Å². The van der Waals surface area contributed by atoms with E-state index in [1.165, 1.54) is 42.2 Å². The van der Waals surface area contributed by atoms with Gasteiger partial charge in [0.1, 0.15) is 5.82 Å². The number of aryl methyl sites for hydroxylation is 1. The predicted molar refractivity (Wildman–Crippen MR) is 108 cm³/mol. The lowest BCUT2D eigenvalue weighted by Crippen LogP contribution is -2.36. The largest absolute Gasteiger partial charge is 0.328 e. The molecule has 27 heavy (non-hydrogen) atoms. The summed E-state index contributed by atoms with van der Waals surface area (Å²) >= 11 is 0. The molecule has 3 aromatic rings. The summed E-state index contributed by atoms with van der Waals surface area (Å²) < 4.78 is 2.38. The van der Waals surface area contributed by atoms with Gasteiger partial charge >= 0.3 is 0 Å². The Morgan fingerprint density at radius 1 is 1.00 bits per heavy atom. The zero-order chi connectivity index (χ0) is 18.5. The predicted octanol–water partition coefficient (Wildman–Crippen LogP) is 4.09. The Balaban J connectivity index is 1.41. The highest BCUT2D eigenvalue weighted by Crippen LogP contribution is 2.22. The van der Waals surface area contributed by atoms with Crippen LogP contribution in [0.5, 0.6) is 0 Å². The van der Waals surface area contributed by atoms with Crippen LogP contribution in [0.1, 0.15) is 35.6 Å². The van der Waals surface area contributed by atoms with Crippen LogP contribution in [0.15, 0.2) is 60.9 Å². The molecule has 0 bridgehead atoms. The minimum absolute atomic E-state index is 0.666. The van der Waals surface area contributed by atoms with Gasteiger partial charge < -0.3 is 4.57 Å². The fraction of sp³-hybridized carbons (Fsp3) is 0.391. The molecule has 0 radical (unpaired) electrons. The lowest BCUT2D eigenvalue weighted by atomic mass is 9.94. The number of hydrogen-bond donors (Lipinski definition) is 0. The first kappa shape index (κ1) is 17.9. The third kappa shape index (κ3) is 4.64. The summed E-state index contributed by atoms with van der Waals surface area (Å²) in [5, 5.41) is 0. The highest BCUT2D eigenvalue weighted by Gasteiger charge is 2.22. The molecule has 0 amide bonds. The van der Waals surface area contributed by atoms with Crippen LogP contribution in [-0.4, -0.2) is 32.5 Å². The fourth-order valence-corrected chi connectivity index (χ4v) is 4.10. The lowest BCUT2D eigenvalue weighted by molar-refractivity contribution is 0.163. The van der Waals surface area contributed by atoms with E-state index in [0.29, 0.717) is 5.92 Å². The quantitative estimate of drug-likeness (QED) is 0.664. The number of hydrogen-bond acceptors (Lipinski definition) is 3. The molecule has 1 fully saturated rings. The van der Waals surface area contributed by atoms with Crippen molar-refractivity contribution in [3.05, 3.63) is 83.7 Å². The lowest BCUT2D eigenvalue weighted by Gasteiger charge is -2.32. The molecule has 0 spiro atoms. The number of likely N-dealkylation sites (tertiary alicyclic amines) is 1. The number of pyridine rings is 1. The van der Waals surface area contributed by atoms with Gasteiger partial charge in [0.25, 0.3) is 0 Å². The van der Waals surface area contributed by atoms with Gasteiger partial charge in [0.05, 0.1) is 5.69 Å². The molecule has 1 unspecified atom stereocenters. The molecule has 1 aliphatic rings. The van der Waals surface area contributed by atoms with Gasteiger partial charge in [-0.15, -0.1) is 0 Å². The number of rotatable bonds is 6. The molecule has 1 aromatic carbocycles.